The number of hydrogen-bond acceptors (Lipinski definition) is 4. The van der Waals surface area contributed by atoms with Crippen LogP contribution in [0.5, 0.6) is 0 Å². The summed E-state index contributed by atoms with van der Waals surface area (Å²) < 4.78 is 5.44. The van der Waals surface area contributed by atoms with Crippen molar-refractivity contribution in [3.05, 3.63) is 64.8 Å². The van der Waals surface area contributed by atoms with Crippen LogP contribution in [0, 0.1) is 33.8 Å². The summed E-state index contributed by atoms with van der Waals surface area (Å²) in [6.45, 7) is 9.18. The van der Waals surface area contributed by atoms with Gasteiger partial charge in [-0.1, -0.05) is 42.4 Å². The number of carbonyl (C=O) groups excluding carboxylic acids is 1. The highest BCUT2D eigenvalue weighted by molar-refractivity contribution is 5.89. The number of nitrogens with zero attached hydrogens (tertiary/aromatic N) is 1. The molecule has 1 aromatic carbocycles. The molecule has 1 rings (SSSR count). The maximum atomic E-state index is 12.2. The first kappa shape index (κ1) is 20.7. The topological polar surface area (TPSA) is 69.4 Å². The summed E-state index contributed by atoms with van der Waals surface area (Å²) in [4.78, 5) is 22.4. The molecule has 1 atom stereocenters. The standard InChI is InChI=1S/C21H21NO4/c1-4-5-6-7-8-11-20(12-9-10-17(2)3)26-21(23)18-13-15-19(16-14-18)22(24)25/h4,13-16,20H,1-2,7-8,10-11H2,3H3. The molecule has 5 nitrogen and oxygen atoms in total. The minimum Gasteiger partial charge on any atom is -0.446 e. The van der Waals surface area contributed by atoms with E-state index in [2.05, 4.69) is 36.8 Å². The Labute approximate surface area is 153 Å². The number of non-ortho nitro benzene ring substituents is 1. The van der Waals surface area contributed by atoms with Crippen molar-refractivity contribution < 1.29 is 14.5 Å². The lowest BCUT2D eigenvalue weighted by molar-refractivity contribution is -0.384. The molecule has 0 saturated carbocycles. The van der Waals surface area contributed by atoms with Crippen molar-refractivity contribution in [1.82, 2.24) is 0 Å². The highest BCUT2D eigenvalue weighted by Gasteiger charge is 2.15. The molecular weight excluding hydrogens is 330 g/mol. The molecule has 0 fully saturated rings. The summed E-state index contributed by atoms with van der Waals surface area (Å²) in [7, 11) is 0. The third-order valence-electron chi connectivity index (χ3n) is 3.19. The zero-order valence-electron chi connectivity index (χ0n) is 14.8. The number of allylic oxidation sites excluding steroid dienone is 2. The van der Waals surface area contributed by atoms with Crippen molar-refractivity contribution in [2.75, 3.05) is 0 Å². The lowest BCUT2D eigenvalue weighted by Gasteiger charge is -2.12. The van der Waals surface area contributed by atoms with Crippen molar-refractivity contribution in [3.8, 4) is 23.7 Å². The van der Waals surface area contributed by atoms with Gasteiger partial charge in [0.1, 0.15) is 0 Å². The number of carbonyl (C=O) groups is 1. The van der Waals surface area contributed by atoms with Crippen LogP contribution in [0.4, 0.5) is 5.69 Å². The molecule has 0 aliphatic heterocycles. The molecule has 0 heterocycles. The van der Waals surface area contributed by atoms with Crippen molar-refractivity contribution in [2.45, 2.75) is 38.7 Å². The molecule has 0 aromatic heterocycles. The lowest BCUT2D eigenvalue weighted by atomic mass is 10.1. The van der Waals surface area contributed by atoms with Gasteiger partial charge in [0.25, 0.3) is 5.69 Å². The number of esters is 1. The SMILES string of the molecule is C=CC#CCCCC(C#CCC(=C)C)OC(=O)c1ccc([N+](=O)[O-])cc1. The molecule has 0 radical (unpaired) electrons. The Balaban J connectivity index is 2.75. The molecule has 0 saturated heterocycles. The highest BCUT2D eigenvalue weighted by atomic mass is 16.6. The number of benzene rings is 1. The molecule has 26 heavy (non-hydrogen) atoms. The fourth-order valence-electron chi connectivity index (χ4n) is 1.91. The van der Waals surface area contributed by atoms with E-state index >= 15 is 0 Å². The minimum absolute atomic E-state index is 0.0832. The fraction of sp³-hybridized carbons (Fsp3) is 0.286. The van der Waals surface area contributed by atoms with Crippen molar-refractivity contribution in [3.63, 3.8) is 0 Å². The second-order valence-corrected chi connectivity index (χ2v) is 5.57. The minimum atomic E-state index is -0.567. The van der Waals surface area contributed by atoms with E-state index in [9.17, 15) is 14.9 Å². The van der Waals surface area contributed by atoms with E-state index in [1.165, 1.54) is 30.3 Å². The van der Waals surface area contributed by atoms with Crippen LogP contribution in [0.15, 0.2) is 49.1 Å². The quantitative estimate of drug-likeness (QED) is 0.182. The number of unbranched alkanes of at least 4 members (excludes halogenated alkanes) is 1. The lowest BCUT2D eigenvalue weighted by Crippen LogP contribution is -2.17. The molecule has 1 unspecified atom stereocenters. The smallest absolute Gasteiger partial charge is 0.339 e. The highest BCUT2D eigenvalue weighted by Crippen LogP contribution is 2.14. The monoisotopic (exact) mass is 351 g/mol. The third-order valence-corrected chi connectivity index (χ3v) is 3.19. The molecule has 0 N–H and O–H groups in total. The Morgan fingerprint density at radius 1 is 1.35 bits per heavy atom. The Bertz CT molecular complexity index is 785. The molecule has 0 aliphatic carbocycles. The van der Waals surface area contributed by atoms with Crippen molar-refractivity contribution >= 4 is 11.7 Å². The van der Waals surface area contributed by atoms with Gasteiger partial charge >= 0.3 is 5.97 Å². The Hall–Kier alpha value is -3.31. The van der Waals surface area contributed by atoms with Gasteiger partial charge in [-0.15, -0.1) is 0 Å². The Kier molecular flexibility index (Phi) is 9.00. The zero-order chi connectivity index (χ0) is 19.4. The number of hydrogen-bond donors (Lipinski definition) is 0. The van der Waals surface area contributed by atoms with Crippen molar-refractivity contribution in [1.29, 1.82) is 0 Å². The van der Waals surface area contributed by atoms with Gasteiger partial charge in [0.2, 0.25) is 0 Å². The van der Waals surface area contributed by atoms with Gasteiger partial charge in [-0.25, -0.2) is 4.79 Å². The normalized spacial score (nSPS) is 10.3. The summed E-state index contributed by atoms with van der Waals surface area (Å²) in [6, 6.07) is 5.27. The molecular formula is C21H21NO4. The predicted molar refractivity (Wildman–Crippen MR) is 101 cm³/mol. The molecule has 5 heteroatoms. The second-order valence-electron chi connectivity index (χ2n) is 5.57. The second kappa shape index (κ2) is 11.3. The van der Waals surface area contributed by atoms with Gasteiger partial charge in [0, 0.05) is 25.0 Å². The summed E-state index contributed by atoms with van der Waals surface area (Å²) >= 11 is 0. The molecule has 0 bridgehead atoms. The van der Waals surface area contributed by atoms with Crippen LogP contribution in [-0.2, 0) is 4.74 Å². The molecule has 134 valence electrons. The van der Waals surface area contributed by atoms with Gasteiger partial charge < -0.3 is 4.74 Å². The van der Waals surface area contributed by atoms with E-state index < -0.39 is 17.0 Å². The molecule has 0 spiro atoms. The van der Waals surface area contributed by atoms with Gasteiger partial charge in [-0.3, -0.25) is 10.1 Å². The van der Waals surface area contributed by atoms with Crippen LogP contribution in [0.25, 0.3) is 0 Å². The van der Waals surface area contributed by atoms with Crippen LogP contribution in [0.3, 0.4) is 0 Å². The van der Waals surface area contributed by atoms with Crippen molar-refractivity contribution in [2.24, 2.45) is 0 Å². The molecule has 0 amide bonds. The summed E-state index contributed by atoms with van der Waals surface area (Å²) in [5.74, 6) is 11.0. The summed E-state index contributed by atoms with van der Waals surface area (Å²) in [6.07, 6.45) is 3.41. The van der Waals surface area contributed by atoms with Gasteiger partial charge in [0.15, 0.2) is 6.10 Å². The van der Waals surface area contributed by atoms with E-state index in [0.29, 0.717) is 19.3 Å². The Morgan fingerprint density at radius 3 is 2.62 bits per heavy atom. The average molecular weight is 351 g/mol. The first-order valence-corrected chi connectivity index (χ1v) is 8.11. The van der Waals surface area contributed by atoms with E-state index in [-0.39, 0.29) is 11.3 Å². The van der Waals surface area contributed by atoms with E-state index in [0.717, 1.165) is 12.0 Å². The van der Waals surface area contributed by atoms with E-state index in [1.807, 2.05) is 6.92 Å². The predicted octanol–water partition coefficient (Wildman–Crippen LogP) is 4.45. The van der Waals surface area contributed by atoms with Gasteiger partial charge in [0.05, 0.1) is 10.5 Å². The zero-order valence-corrected chi connectivity index (χ0v) is 14.8. The number of ether oxygens (including phenoxy) is 1. The number of nitro benzene ring substituents is 1. The summed E-state index contributed by atoms with van der Waals surface area (Å²) in [5, 5.41) is 10.7. The number of rotatable bonds is 7. The van der Waals surface area contributed by atoms with Gasteiger partial charge in [-0.2, -0.15) is 0 Å². The van der Waals surface area contributed by atoms with Crippen LogP contribution < -0.4 is 0 Å². The van der Waals surface area contributed by atoms with Crippen LogP contribution >= 0.6 is 0 Å². The Morgan fingerprint density at radius 2 is 2.04 bits per heavy atom. The van der Waals surface area contributed by atoms with Crippen LogP contribution in [-0.4, -0.2) is 17.0 Å². The first-order chi connectivity index (χ1) is 12.4. The molecule has 0 aliphatic rings. The average Bonchev–Trinajstić information content (AvgIpc) is 2.61. The number of nitro groups is 1. The maximum absolute atomic E-state index is 12.2. The molecule has 1 aromatic rings. The first-order valence-electron chi connectivity index (χ1n) is 8.11. The summed E-state index contributed by atoms with van der Waals surface area (Å²) in [5.41, 5.74) is 1.09. The fourth-order valence-corrected chi connectivity index (χ4v) is 1.91. The van der Waals surface area contributed by atoms with E-state index in [4.69, 9.17) is 4.74 Å². The van der Waals surface area contributed by atoms with Crippen LogP contribution in [0.2, 0.25) is 0 Å². The third kappa shape index (κ3) is 7.99. The van der Waals surface area contributed by atoms with Crippen LogP contribution in [0.1, 0.15) is 43.0 Å². The maximum Gasteiger partial charge on any atom is 0.339 e. The largest absolute Gasteiger partial charge is 0.446 e. The van der Waals surface area contributed by atoms with Gasteiger partial charge in [-0.05, 0) is 38.0 Å². The van der Waals surface area contributed by atoms with E-state index in [1.54, 1.807) is 0 Å².